The number of nitrogens with zero attached hydrogens (tertiary/aromatic N) is 2. The third kappa shape index (κ3) is 4.39. The molecule has 0 aliphatic carbocycles. The van der Waals surface area contributed by atoms with E-state index in [9.17, 15) is 9.18 Å². The lowest BCUT2D eigenvalue weighted by Crippen LogP contribution is -2.48. The molecule has 2 aliphatic heterocycles. The van der Waals surface area contributed by atoms with Crippen LogP contribution in [0.5, 0.6) is 11.5 Å². The predicted octanol–water partition coefficient (Wildman–Crippen LogP) is 2.83. The molecule has 0 unspecified atom stereocenters. The van der Waals surface area contributed by atoms with Gasteiger partial charge in [0, 0.05) is 39.1 Å². The Bertz CT molecular complexity index is 802. The highest BCUT2D eigenvalue weighted by Crippen LogP contribution is 2.32. The maximum absolute atomic E-state index is 12.9. The Balaban J connectivity index is 1.23. The van der Waals surface area contributed by atoms with E-state index in [0.717, 1.165) is 49.8 Å². The smallest absolute Gasteiger partial charge is 0.231 e. The summed E-state index contributed by atoms with van der Waals surface area (Å²) in [7, 11) is 0. The molecule has 6 heteroatoms. The van der Waals surface area contributed by atoms with E-state index >= 15 is 0 Å². The molecule has 0 aromatic heterocycles. The number of halogens is 1. The summed E-state index contributed by atoms with van der Waals surface area (Å²) in [6, 6.07) is 12.4. The zero-order valence-electron chi connectivity index (χ0n) is 15.2. The molecule has 142 valence electrons. The van der Waals surface area contributed by atoms with Gasteiger partial charge in [-0.1, -0.05) is 18.2 Å². The zero-order chi connectivity index (χ0) is 18.6. The molecule has 0 N–H and O–H groups in total. The first kappa shape index (κ1) is 17.8. The minimum Gasteiger partial charge on any atom is -0.454 e. The van der Waals surface area contributed by atoms with E-state index in [-0.39, 0.29) is 18.5 Å². The lowest BCUT2D eigenvalue weighted by Gasteiger charge is -2.34. The lowest BCUT2D eigenvalue weighted by atomic mass is 10.1. The first-order chi connectivity index (χ1) is 13.2. The standard InChI is InChI=1S/C21H23FN2O3/c22-18-5-1-16(2-6-18)4-8-21(25)24-11-9-23(10-12-24)14-17-3-7-19-20(13-17)27-15-26-19/h1-3,5-7,13H,4,8-12,14-15H2. The van der Waals surface area contributed by atoms with Gasteiger partial charge in [0.2, 0.25) is 12.7 Å². The second-order valence-corrected chi connectivity index (χ2v) is 6.97. The van der Waals surface area contributed by atoms with Crippen LogP contribution in [0.3, 0.4) is 0 Å². The van der Waals surface area contributed by atoms with Gasteiger partial charge in [-0.25, -0.2) is 4.39 Å². The Kier molecular flexibility index (Phi) is 5.25. The van der Waals surface area contributed by atoms with Crippen LogP contribution < -0.4 is 9.47 Å². The summed E-state index contributed by atoms with van der Waals surface area (Å²) in [5, 5.41) is 0. The van der Waals surface area contributed by atoms with Gasteiger partial charge in [-0.3, -0.25) is 9.69 Å². The van der Waals surface area contributed by atoms with Crippen molar-refractivity contribution in [2.45, 2.75) is 19.4 Å². The largest absolute Gasteiger partial charge is 0.454 e. The van der Waals surface area contributed by atoms with Crippen LogP contribution in [0.15, 0.2) is 42.5 Å². The van der Waals surface area contributed by atoms with Crippen molar-refractivity contribution >= 4 is 5.91 Å². The molecule has 0 radical (unpaired) electrons. The molecule has 0 bridgehead atoms. The van der Waals surface area contributed by atoms with Crippen LogP contribution in [-0.2, 0) is 17.8 Å². The quantitative estimate of drug-likeness (QED) is 0.812. The molecule has 0 saturated carbocycles. The van der Waals surface area contributed by atoms with Crippen LogP contribution in [0.1, 0.15) is 17.5 Å². The number of rotatable bonds is 5. The number of carbonyl (C=O) groups is 1. The monoisotopic (exact) mass is 370 g/mol. The summed E-state index contributed by atoms with van der Waals surface area (Å²) in [4.78, 5) is 16.7. The summed E-state index contributed by atoms with van der Waals surface area (Å²) < 4.78 is 23.7. The van der Waals surface area contributed by atoms with E-state index in [1.807, 2.05) is 17.0 Å². The highest BCUT2D eigenvalue weighted by Gasteiger charge is 2.21. The fraction of sp³-hybridized carbons (Fsp3) is 0.381. The number of ether oxygens (including phenoxy) is 2. The maximum Gasteiger partial charge on any atom is 0.231 e. The summed E-state index contributed by atoms with van der Waals surface area (Å²) in [5.74, 6) is 1.53. The summed E-state index contributed by atoms with van der Waals surface area (Å²) >= 11 is 0. The predicted molar refractivity (Wildman–Crippen MR) is 99.1 cm³/mol. The summed E-state index contributed by atoms with van der Waals surface area (Å²) in [6.07, 6.45) is 1.12. The number of aryl methyl sites for hydroxylation is 1. The molecule has 2 heterocycles. The molecule has 27 heavy (non-hydrogen) atoms. The van der Waals surface area contributed by atoms with Crippen LogP contribution in [0.2, 0.25) is 0 Å². The molecule has 1 fully saturated rings. The van der Waals surface area contributed by atoms with Crippen molar-refractivity contribution in [3.05, 3.63) is 59.4 Å². The summed E-state index contributed by atoms with van der Waals surface area (Å²) in [5.41, 5.74) is 2.18. The second kappa shape index (κ2) is 7.96. The number of carbonyl (C=O) groups excluding carboxylic acids is 1. The molecule has 5 nitrogen and oxygen atoms in total. The average molecular weight is 370 g/mol. The zero-order valence-corrected chi connectivity index (χ0v) is 15.2. The van der Waals surface area contributed by atoms with Crippen molar-refractivity contribution in [2.75, 3.05) is 33.0 Å². The minimum atomic E-state index is -0.247. The highest BCUT2D eigenvalue weighted by atomic mass is 19.1. The SMILES string of the molecule is O=C(CCc1ccc(F)cc1)N1CCN(Cc2ccc3c(c2)OCO3)CC1. The van der Waals surface area contributed by atoms with Crippen molar-refractivity contribution in [1.29, 1.82) is 0 Å². The fourth-order valence-electron chi connectivity index (χ4n) is 3.51. The third-order valence-corrected chi connectivity index (χ3v) is 5.11. The molecular weight excluding hydrogens is 347 g/mol. The van der Waals surface area contributed by atoms with E-state index in [0.29, 0.717) is 12.8 Å². The Hall–Kier alpha value is -2.60. The topological polar surface area (TPSA) is 42.0 Å². The normalized spacial score (nSPS) is 16.6. The number of fused-ring (bicyclic) bond motifs is 1. The van der Waals surface area contributed by atoms with Crippen LogP contribution in [0.25, 0.3) is 0 Å². The van der Waals surface area contributed by atoms with Crippen molar-refractivity contribution in [1.82, 2.24) is 9.80 Å². The third-order valence-electron chi connectivity index (χ3n) is 5.11. The van der Waals surface area contributed by atoms with Gasteiger partial charge in [0.15, 0.2) is 11.5 Å². The van der Waals surface area contributed by atoms with Crippen molar-refractivity contribution in [3.63, 3.8) is 0 Å². The molecule has 2 aromatic carbocycles. The van der Waals surface area contributed by atoms with Crippen molar-refractivity contribution < 1.29 is 18.7 Å². The van der Waals surface area contributed by atoms with E-state index in [4.69, 9.17) is 9.47 Å². The maximum atomic E-state index is 12.9. The van der Waals surface area contributed by atoms with Crippen molar-refractivity contribution in [3.8, 4) is 11.5 Å². The van der Waals surface area contributed by atoms with Gasteiger partial charge in [0.1, 0.15) is 5.82 Å². The number of piperazine rings is 1. The van der Waals surface area contributed by atoms with Gasteiger partial charge < -0.3 is 14.4 Å². The molecule has 4 rings (SSSR count). The van der Waals surface area contributed by atoms with Gasteiger partial charge in [-0.2, -0.15) is 0 Å². The van der Waals surface area contributed by atoms with Gasteiger partial charge in [0.25, 0.3) is 0 Å². The van der Waals surface area contributed by atoms with Gasteiger partial charge in [-0.15, -0.1) is 0 Å². The summed E-state index contributed by atoms with van der Waals surface area (Å²) in [6.45, 7) is 4.33. The number of amides is 1. The van der Waals surface area contributed by atoms with Crippen LogP contribution in [-0.4, -0.2) is 48.7 Å². The first-order valence-electron chi connectivity index (χ1n) is 9.30. The number of hydrogen-bond acceptors (Lipinski definition) is 4. The number of hydrogen-bond donors (Lipinski definition) is 0. The first-order valence-corrected chi connectivity index (χ1v) is 9.30. The fourth-order valence-corrected chi connectivity index (χ4v) is 3.51. The molecule has 0 spiro atoms. The lowest BCUT2D eigenvalue weighted by molar-refractivity contribution is -0.133. The molecule has 1 saturated heterocycles. The highest BCUT2D eigenvalue weighted by molar-refractivity contribution is 5.76. The van der Waals surface area contributed by atoms with E-state index in [1.54, 1.807) is 12.1 Å². The molecular formula is C21H23FN2O3. The van der Waals surface area contributed by atoms with Crippen molar-refractivity contribution in [2.24, 2.45) is 0 Å². The molecule has 2 aromatic rings. The number of benzene rings is 2. The van der Waals surface area contributed by atoms with Gasteiger partial charge in [0.05, 0.1) is 0 Å². The Labute approximate surface area is 158 Å². The van der Waals surface area contributed by atoms with E-state index in [2.05, 4.69) is 11.0 Å². The Morgan fingerprint density at radius 2 is 1.63 bits per heavy atom. The minimum absolute atomic E-state index is 0.169. The Morgan fingerprint density at radius 1 is 0.926 bits per heavy atom. The molecule has 2 aliphatic rings. The average Bonchev–Trinajstić information content (AvgIpc) is 3.16. The van der Waals surface area contributed by atoms with E-state index < -0.39 is 0 Å². The van der Waals surface area contributed by atoms with E-state index in [1.165, 1.54) is 17.7 Å². The molecule has 1 amide bonds. The van der Waals surface area contributed by atoms with Crippen LogP contribution in [0, 0.1) is 5.82 Å². The second-order valence-electron chi connectivity index (χ2n) is 6.97. The van der Waals surface area contributed by atoms with Crippen LogP contribution in [0.4, 0.5) is 4.39 Å². The van der Waals surface area contributed by atoms with Gasteiger partial charge in [-0.05, 0) is 41.8 Å². The molecule has 0 atom stereocenters. The van der Waals surface area contributed by atoms with Crippen LogP contribution >= 0.6 is 0 Å². The Morgan fingerprint density at radius 3 is 2.41 bits per heavy atom. The van der Waals surface area contributed by atoms with Gasteiger partial charge >= 0.3 is 0 Å².